The Labute approximate surface area is 128 Å². The van der Waals surface area contributed by atoms with E-state index in [1.807, 2.05) is 0 Å². The van der Waals surface area contributed by atoms with E-state index in [1.165, 1.54) is 0 Å². The lowest BCUT2D eigenvalue weighted by atomic mass is 10.2. The van der Waals surface area contributed by atoms with E-state index in [-0.39, 0.29) is 17.2 Å². The highest BCUT2D eigenvalue weighted by Crippen LogP contribution is 2.18. The van der Waals surface area contributed by atoms with Gasteiger partial charge in [-0.05, 0) is 32.0 Å². The Kier molecular flexibility index (Phi) is 4.68. The molecule has 0 amide bonds. The molecule has 0 fully saturated rings. The molecular formula is C14H13ClN2O3S. The summed E-state index contributed by atoms with van der Waals surface area (Å²) in [7, 11) is -3.68. The standard InChI is InChI=1S/C14H13ClN2O3S/c1-10-14(11(2)20-17-10)21(18,19)16-8-4-6-12-5-3-7-13(15)9-12/h3,5,7,9,16H,8H2,1-2H3. The van der Waals surface area contributed by atoms with Crippen molar-refractivity contribution in [1.29, 1.82) is 0 Å². The summed E-state index contributed by atoms with van der Waals surface area (Å²) in [6.07, 6.45) is 0. The van der Waals surface area contributed by atoms with Gasteiger partial charge in [-0.2, -0.15) is 4.72 Å². The SMILES string of the molecule is Cc1noc(C)c1S(=O)(=O)NCC#Cc1cccc(Cl)c1. The Balaban J connectivity index is 2.07. The Morgan fingerprint density at radius 1 is 1.38 bits per heavy atom. The molecule has 21 heavy (non-hydrogen) atoms. The average molecular weight is 325 g/mol. The van der Waals surface area contributed by atoms with Crippen LogP contribution in [-0.2, 0) is 10.0 Å². The molecule has 110 valence electrons. The number of sulfonamides is 1. The van der Waals surface area contributed by atoms with Gasteiger partial charge in [-0.3, -0.25) is 0 Å². The number of aromatic nitrogens is 1. The number of hydrogen-bond acceptors (Lipinski definition) is 4. The molecule has 0 aliphatic heterocycles. The van der Waals surface area contributed by atoms with Crippen molar-refractivity contribution in [2.24, 2.45) is 0 Å². The quantitative estimate of drug-likeness (QED) is 0.879. The van der Waals surface area contributed by atoms with E-state index in [1.54, 1.807) is 38.1 Å². The van der Waals surface area contributed by atoms with Crippen LogP contribution in [-0.4, -0.2) is 20.1 Å². The topological polar surface area (TPSA) is 72.2 Å². The fraction of sp³-hybridized carbons (Fsp3) is 0.214. The van der Waals surface area contributed by atoms with Gasteiger partial charge in [0.15, 0.2) is 5.76 Å². The summed E-state index contributed by atoms with van der Waals surface area (Å²) in [5, 5.41) is 4.20. The van der Waals surface area contributed by atoms with Crippen LogP contribution >= 0.6 is 11.6 Å². The van der Waals surface area contributed by atoms with E-state index in [9.17, 15) is 8.42 Å². The summed E-state index contributed by atoms with van der Waals surface area (Å²) in [6.45, 7) is 3.10. The fourth-order valence-electron chi connectivity index (χ4n) is 1.77. The van der Waals surface area contributed by atoms with Gasteiger partial charge in [-0.25, -0.2) is 8.42 Å². The maximum absolute atomic E-state index is 12.1. The van der Waals surface area contributed by atoms with Gasteiger partial charge >= 0.3 is 0 Å². The Morgan fingerprint density at radius 2 is 2.14 bits per heavy atom. The molecule has 0 unspecified atom stereocenters. The van der Waals surface area contributed by atoms with Crippen molar-refractivity contribution in [2.45, 2.75) is 18.7 Å². The lowest BCUT2D eigenvalue weighted by Gasteiger charge is -2.02. The lowest BCUT2D eigenvalue weighted by molar-refractivity contribution is 0.390. The molecule has 0 saturated carbocycles. The molecule has 0 bridgehead atoms. The first-order chi connectivity index (χ1) is 9.90. The van der Waals surface area contributed by atoms with Gasteiger partial charge in [-0.15, -0.1) is 0 Å². The molecule has 0 aliphatic rings. The monoisotopic (exact) mass is 324 g/mol. The molecular weight excluding hydrogens is 312 g/mol. The van der Waals surface area contributed by atoms with Gasteiger partial charge in [0.2, 0.25) is 10.0 Å². The molecule has 5 nitrogen and oxygen atoms in total. The van der Waals surface area contributed by atoms with Crippen LogP contribution in [0.5, 0.6) is 0 Å². The van der Waals surface area contributed by atoms with Crippen molar-refractivity contribution in [1.82, 2.24) is 9.88 Å². The Morgan fingerprint density at radius 3 is 2.76 bits per heavy atom. The zero-order chi connectivity index (χ0) is 15.5. The molecule has 2 aromatic rings. The Hall–Kier alpha value is -1.81. The van der Waals surface area contributed by atoms with Crippen molar-refractivity contribution >= 4 is 21.6 Å². The second-order valence-electron chi connectivity index (χ2n) is 4.29. The van der Waals surface area contributed by atoms with E-state index < -0.39 is 10.0 Å². The maximum atomic E-state index is 12.1. The highest BCUT2D eigenvalue weighted by molar-refractivity contribution is 7.89. The Bertz CT molecular complexity index is 797. The molecule has 1 aromatic heterocycles. The zero-order valence-corrected chi connectivity index (χ0v) is 13.0. The van der Waals surface area contributed by atoms with E-state index in [0.29, 0.717) is 10.7 Å². The number of hydrogen-bond donors (Lipinski definition) is 1. The average Bonchev–Trinajstić information content (AvgIpc) is 2.75. The van der Waals surface area contributed by atoms with Crippen LogP contribution in [0.3, 0.4) is 0 Å². The van der Waals surface area contributed by atoms with Crippen molar-refractivity contribution in [3.8, 4) is 11.8 Å². The molecule has 0 saturated heterocycles. The van der Waals surface area contributed by atoms with Crippen LogP contribution in [0.1, 0.15) is 17.0 Å². The van der Waals surface area contributed by atoms with Crippen LogP contribution < -0.4 is 4.72 Å². The summed E-state index contributed by atoms with van der Waals surface area (Å²) >= 11 is 5.84. The summed E-state index contributed by atoms with van der Waals surface area (Å²) in [6, 6.07) is 7.02. The summed E-state index contributed by atoms with van der Waals surface area (Å²) < 4.78 is 31.4. The number of halogens is 1. The molecule has 7 heteroatoms. The second-order valence-corrected chi connectivity index (χ2v) is 6.43. The lowest BCUT2D eigenvalue weighted by Crippen LogP contribution is -2.24. The first-order valence-corrected chi connectivity index (χ1v) is 7.93. The van der Waals surface area contributed by atoms with Gasteiger partial charge < -0.3 is 4.52 Å². The number of aryl methyl sites for hydroxylation is 2. The number of nitrogens with zero attached hydrogens (tertiary/aromatic N) is 1. The third-order valence-corrected chi connectivity index (χ3v) is 4.52. The van der Waals surface area contributed by atoms with Crippen molar-refractivity contribution in [2.75, 3.05) is 6.54 Å². The third kappa shape index (κ3) is 3.85. The minimum Gasteiger partial charge on any atom is -0.360 e. The summed E-state index contributed by atoms with van der Waals surface area (Å²) in [4.78, 5) is 0.0621. The minimum atomic E-state index is -3.68. The summed E-state index contributed by atoms with van der Waals surface area (Å²) in [5.74, 6) is 5.82. The third-order valence-electron chi connectivity index (χ3n) is 2.64. The van der Waals surface area contributed by atoms with Crippen molar-refractivity contribution in [3.63, 3.8) is 0 Å². The molecule has 2 rings (SSSR count). The van der Waals surface area contributed by atoms with E-state index in [4.69, 9.17) is 16.1 Å². The highest BCUT2D eigenvalue weighted by atomic mass is 35.5. The molecule has 1 heterocycles. The predicted octanol–water partition coefficient (Wildman–Crippen LogP) is 2.27. The molecule has 0 aliphatic carbocycles. The van der Waals surface area contributed by atoms with E-state index in [2.05, 4.69) is 21.7 Å². The second kappa shape index (κ2) is 6.31. The first kappa shape index (κ1) is 15.6. The maximum Gasteiger partial charge on any atom is 0.246 e. The van der Waals surface area contributed by atoms with E-state index >= 15 is 0 Å². The normalized spacial score (nSPS) is 11.0. The predicted molar refractivity (Wildman–Crippen MR) is 79.5 cm³/mol. The number of rotatable bonds is 3. The largest absolute Gasteiger partial charge is 0.360 e. The van der Waals surface area contributed by atoms with Crippen LogP contribution in [0.2, 0.25) is 5.02 Å². The fourth-order valence-corrected chi connectivity index (χ4v) is 3.21. The van der Waals surface area contributed by atoms with Crippen LogP contribution in [0.15, 0.2) is 33.7 Å². The molecule has 0 atom stereocenters. The van der Waals surface area contributed by atoms with Gasteiger partial charge in [-0.1, -0.05) is 34.7 Å². The highest BCUT2D eigenvalue weighted by Gasteiger charge is 2.23. The smallest absolute Gasteiger partial charge is 0.246 e. The number of benzene rings is 1. The van der Waals surface area contributed by atoms with Crippen LogP contribution in [0.25, 0.3) is 0 Å². The molecule has 0 spiro atoms. The molecule has 1 N–H and O–H groups in total. The zero-order valence-electron chi connectivity index (χ0n) is 11.5. The molecule has 1 aromatic carbocycles. The molecule has 0 radical (unpaired) electrons. The van der Waals surface area contributed by atoms with Crippen LogP contribution in [0, 0.1) is 25.7 Å². The van der Waals surface area contributed by atoms with Gasteiger partial charge in [0.1, 0.15) is 10.6 Å². The minimum absolute atomic E-state index is 0.0150. The van der Waals surface area contributed by atoms with E-state index in [0.717, 1.165) is 5.56 Å². The van der Waals surface area contributed by atoms with Crippen LogP contribution in [0.4, 0.5) is 0 Å². The van der Waals surface area contributed by atoms with Gasteiger partial charge in [0, 0.05) is 10.6 Å². The van der Waals surface area contributed by atoms with Crippen molar-refractivity contribution in [3.05, 3.63) is 46.3 Å². The van der Waals surface area contributed by atoms with Crippen molar-refractivity contribution < 1.29 is 12.9 Å². The van der Waals surface area contributed by atoms with Gasteiger partial charge in [0.05, 0.1) is 6.54 Å². The first-order valence-electron chi connectivity index (χ1n) is 6.07. The summed E-state index contributed by atoms with van der Waals surface area (Å²) in [5.41, 5.74) is 1.04. The number of nitrogens with one attached hydrogen (secondary N) is 1. The van der Waals surface area contributed by atoms with Gasteiger partial charge in [0.25, 0.3) is 0 Å².